The van der Waals surface area contributed by atoms with E-state index in [1.807, 2.05) is 31.2 Å². The topological polar surface area (TPSA) is 20.2 Å². The molecule has 0 fully saturated rings. The van der Waals surface area contributed by atoms with Crippen molar-refractivity contribution >= 4 is 11.6 Å². The third-order valence-corrected chi connectivity index (χ3v) is 2.50. The maximum absolute atomic E-state index is 9.22. The van der Waals surface area contributed by atoms with E-state index < -0.39 is 5.41 Å². The zero-order valence-electron chi connectivity index (χ0n) is 7.63. The average molecular weight is 197 g/mol. The maximum atomic E-state index is 9.22. The molecular formula is C11H13ClO. The molecule has 0 aromatic heterocycles. The zero-order chi connectivity index (χ0) is 9.90. The molecule has 1 nitrogen and oxygen atoms in total. The van der Waals surface area contributed by atoms with E-state index in [1.165, 1.54) is 0 Å². The molecule has 1 aromatic rings. The van der Waals surface area contributed by atoms with Crippen molar-refractivity contribution in [3.05, 3.63) is 47.5 Å². The number of rotatable bonds is 3. The summed E-state index contributed by atoms with van der Waals surface area (Å²) in [4.78, 5) is 0. The normalized spacial score (nSPS) is 15.0. The molecule has 0 amide bonds. The fourth-order valence-corrected chi connectivity index (χ4v) is 1.31. The molecule has 0 bridgehead atoms. The molecule has 0 saturated heterocycles. The molecular weight excluding hydrogens is 184 g/mol. The highest BCUT2D eigenvalue weighted by Gasteiger charge is 2.21. The molecule has 1 unspecified atom stereocenters. The lowest BCUT2D eigenvalue weighted by Crippen LogP contribution is -2.23. The standard InChI is InChI=1S/C11H13ClO/c1-3-11(2,8-13)9-5-4-6-10(12)7-9/h3-7,13H,1,8H2,2H3. The highest BCUT2D eigenvalue weighted by atomic mass is 35.5. The van der Waals surface area contributed by atoms with E-state index in [4.69, 9.17) is 11.6 Å². The van der Waals surface area contributed by atoms with E-state index >= 15 is 0 Å². The van der Waals surface area contributed by atoms with Crippen molar-refractivity contribution in [3.63, 3.8) is 0 Å². The highest BCUT2D eigenvalue weighted by molar-refractivity contribution is 6.30. The Balaban J connectivity index is 3.12. The number of hydrogen-bond donors (Lipinski definition) is 1. The smallest absolute Gasteiger partial charge is 0.0560 e. The monoisotopic (exact) mass is 196 g/mol. The van der Waals surface area contributed by atoms with Crippen molar-refractivity contribution in [1.29, 1.82) is 0 Å². The maximum Gasteiger partial charge on any atom is 0.0560 e. The van der Waals surface area contributed by atoms with Gasteiger partial charge in [0.05, 0.1) is 6.61 Å². The van der Waals surface area contributed by atoms with Gasteiger partial charge in [-0.1, -0.05) is 29.8 Å². The summed E-state index contributed by atoms with van der Waals surface area (Å²) in [5, 5.41) is 9.89. The molecule has 0 aliphatic carbocycles. The Labute approximate surface area is 83.7 Å². The van der Waals surface area contributed by atoms with Gasteiger partial charge in [-0.25, -0.2) is 0 Å². The van der Waals surface area contributed by atoms with Gasteiger partial charge in [0.15, 0.2) is 0 Å². The van der Waals surface area contributed by atoms with Crippen LogP contribution in [0.3, 0.4) is 0 Å². The van der Waals surface area contributed by atoms with E-state index in [-0.39, 0.29) is 6.61 Å². The van der Waals surface area contributed by atoms with Gasteiger partial charge in [-0.3, -0.25) is 0 Å². The molecule has 0 saturated carbocycles. The predicted molar refractivity (Wildman–Crippen MR) is 56.1 cm³/mol. The molecule has 2 heteroatoms. The van der Waals surface area contributed by atoms with Crippen molar-refractivity contribution < 1.29 is 5.11 Å². The quantitative estimate of drug-likeness (QED) is 0.738. The van der Waals surface area contributed by atoms with Crippen LogP contribution < -0.4 is 0 Å². The van der Waals surface area contributed by atoms with Crippen molar-refractivity contribution in [2.75, 3.05) is 6.61 Å². The third-order valence-electron chi connectivity index (χ3n) is 2.26. The Morgan fingerprint density at radius 2 is 2.31 bits per heavy atom. The van der Waals surface area contributed by atoms with E-state index in [0.717, 1.165) is 5.56 Å². The largest absolute Gasteiger partial charge is 0.395 e. The minimum absolute atomic E-state index is 0.0385. The van der Waals surface area contributed by atoms with E-state index in [9.17, 15) is 5.11 Å². The Bertz CT molecular complexity index is 309. The number of hydrogen-bond acceptors (Lipinski definition) is 1. The van der Waals surface area contributed by atoms with Crippen LogP contribution >= 0.6 is 11.6 Å². The Hall–Kier alpha value is -0.790. The summed E-state index contributed by atoms with van der Waals surface area (Å²) in [7, 11) is 0. The number of benzene rings is 1. The fourth-order valence-electron chi connectivity index (χ4n) is 1.12. The van der Waals surface area contributed by atoms with Crippen LogP contribution in [0, 0.1) is 0 Å². The Kier molecular flexibility index (Phi) is 3.12. The van der Waals surface area contributed by atoms with Gasteiger partial charge in [-0.05, 0) is 24.6 Å². The molecule has 0 aliphatic heterocycles. The van der Waals surface area contributed by atoms with Gasteiger partial charge in [0.2, 0.25) is 0 Å². The summed E-state index contributed by atoms with van der Waals surface area (Å²) < 4.78 is 0. The minimum atomic E-state index is -0.398. The average Bonchev–Trinajstić information content (AvgIpc) is 2.17. The van der Waals surface area contributed by atoms with Crippen LogP contribution in [-0.4, -0.2) is 11.7 Å². The molecule has 13 heavy (non-hydrogen) atoms. The van der Waals surface area contributed by atoms with Crippen molar-refractivity contribution in [2.24, 2.45) is 0 Å². The van der Waals surface area contributed by atoms with Gasteiger partial charge in [0, 0.05) is 10.4 Å². The second kappa shape index (κ2) is 3.95. The molecule has 1 rings (SSSR count). The van der Waals surface area contributed by atoms with Crippen molar-refractivity contribution in [1.82, 2.24) is 0 Å². The summed E-state index contributed by atoms with van der Waals surface area (Å²) >= 11 is 5.85. The first kappa shape index (κ1) is 10.3. The van der Waals surface area contributed by atoms with Gasteiger partial charge in [-0.2, -0.15) is 0 Å². The van der Waals surface area contributed by atoms with Gasteiger partial charge >= 0.3 is 0 Å². The van der Waals surface area contributed by atoms with Gasteiger partial charge in [-0.15, -0.1) is 6.58 Å². The first-order chi connectivity index (χ1) is 6.12. The van der Waals surface area contributed by atoms with Crippen LogP contribution in [0.25, 0.3) is 0 Å². The van der Waals surface area contributed by atoms with E-state index in [0.29, 0.717) is 5.02 Å². The fraction of sp³-hybridized carbons (Fsp3) is 0.273. The number of aliphatic hydroxyl groups excluding tert-OH is 1. The zero-order valence-corrected chi connectivity index (χ0v) is 8.38. The van der Waals surface area contributed by atoms with Gasteiger partial charge in [0.25, 0.3) is 0 Å². The van der Waals surface area contributed by atoms with Crippen LogP contribution in [0.4, 0.5) is 0 Å². The van der Waals surface area contributed by atoms with Crippen LogP contribution in [0.15, 0.2) is 36.9 Å². The SMILES string of the molecule is C=CC(C)(CO)c1cccc(Cl)c1. The van der Waals surface area contributed by atoms with Crippen LogP contribution in [0.2, 0.25) is 5.02 Å². The highest BCUT2D eigenvalue weighted by Crippen LogP contribution is 2.26. The first-order valence-corrected chi connectivity index (χ1v) is 4.51. The van der Waals surface area contributed by atoms with Crippen LogP contribution in [0.5, 0.6) is 0 Å². The van der Waals surface area contributed by atoms with Gasteiger partial charge < -0.3 is 5.11 Å². The lowest BCUT2D eigenvalue weighted by atomic mass is 9.84. The molecule has 0 heterocycles. The molecule has 1 aromatic carbocycles. The second-order valence-electron chi connectivity index (χ2n) is 3.29. The number of halogens is 1. The van der Waals surface area contributed by atoms with Crippen molar-refractivity contribution in [3.8, 4) is 0 Å². The lowest BCUT2D eigenvalue weighted by molar-refractivity contribution is 0.236. The first-order valence-electron chi connectivity index (χ1n) is 4.13. The molecule has 0 aliphatic rings. The summed E-state index contributed by atoms with van der Waals surface area (Å²) in [5.74, 6) is 0. The molecule has 1 atom stereocenters. The Morgan fingerprint density at radius 1 is 1.62 bits per heavy atom. The summed E-state index contributed by atoms with van der Waals surface area (Å²) in [6.07, 6.45) is 1.73. The third kappa shape index (κ3) is 2.11. The second-order valence-corrected chi connectivity index (χ2v) is 3.73. The van der Waals surface area contributed by atoms with Crippen molar-refractivity contribution in [2.45, 2.75) is 12.3 Å². The summed E-state index contributed by atoms with van der Waals surface area (Å²) in [5.41, 5.74) is 0.586. The van der Waals surface area contributed by atoms with Gasteiger partial charge in [0.1, 0.15) is 0 Å². The number of aliphatic hydroxyl groups is 1. The molecule has 0 radical (unpaired) electrons. The van der Waals surface area contributed by atoms with Crippen LogP contribution in [0.1, 0.15) is 12.5 Å². The molecule has 1 N–H and O–H groups in total. The summed E-state index contributed by atoms with van der Waals surface area (Å²) in [6.45, 7) is 5.67. The molecule has 70 valence electrons. The molecule has 0 spiro atoms. The van der Waals surface area contributed by atoms with Crippen LogP contribution in [-0.2, 0) is 5.41 Å². The summed E-state index contributed by atoms with van der Waals surface area (Å²) in [6, 6.07) is 7.46. The predicted octanol–water partition coefficient (Wildman–Crippen LogP) is 2.78. The lowest BCUT2D eigenvalue weighted by Gasteiger charge is -2.23. The minimum Gasteiger partial charge on any atom is -0.395 e. The van der Waals surface area contributed by atoms with E-state index in [2.05, 4.69) is 6.58 Å². The Morgan fingerprint density at radius 3 is 2.77 bits per heavy atom. The van der Waals surface area contributed by atoms with E-state index in [1.54, 1.807) is 6.08 Å².